The van der Waals surface area contributed by atoms with E-state index in [0.717, 1.165) is 11.8 Å². The summed E-state index contributed by atoms with van der Waals surface area (Å²) in [6, 6.07) is 8.03. The highest BCUT2D eigenvalue weighted by Gasteiger charge is 2.37. The number of nitrogens with zero attached hydrogens (tertiary/aromatic N) is 5. The lowest BCUT2D eigenvalue weighted by Crippen LogP contribution is -2.37. The number of anilines is 3. The zero-order valence-corrected chi connectivity index (χ0v) is 29.6. The summed E-state index contributed by atoms with van der Waals surface area (Å²) in [6.07, 6.45) is -5.46. The Morgan fingerprint density at radius 2 is 1.58 bits per heavy atom. The molecule has 1 aliphatic rings. The molecule has 2 aromatic carbocycles. The van der Waals surface area contributed by atoms with Crippen molar-refractivity contribution in [2.45, 2.75) is 71.9 Å². The number of amides is 2. The molecule has 0 spiro atoms. The Bertz CT molecular complexity index is 1630. The van der Waals surface area contributed by atoms with Crippen molar-refractivity contribution in [1.82, 2.24) is 19.9 Å². The van der Waals surface area contributed by atoms with Gasteiger partial charge in [0.2, 0.25) is 5.91 Å². The largest absolute Gasteiger partial charge is 0.465 e. The van der Waals surface area contributed by atoms with Gasteiger partial charge in [0.15, 0.2) is 5.78 Å². The first-order valence-corrected chi connectivity index (χ1v) is 15.9. The van der Waals surface area contributed by atoms with E-state index in [1.54, 1.807) is 23.0 Å². The second-order valence-corrected chi connectivity index (χ2v) is 13.8. The molecule has 3 N–H and O–H groups in total. The van der Waals surface area contributed by atoms with Gasteiger partial charge in [0, 0.05) is 25.2 Å². The Morgan fingerprint density at radius 3 is 2.12 bits per heavy atom. The highest BCUT2D eigenvalue weighted by molar-refractivity contribution is 6.12. The maximum absolute atomic E-state index is 14.0. The minimum absolute atomic E-state index is 0.0156. The Labute approximate surface area is 289 Å². The SMILES string of the molecule is CC(C)(C)OC(C)(C)C.CN(C)Cc1cnnn1-c1cccc(C(=O)CC(=O)Nc2cc(C(F)(F)F)c(N3CCOCC3)cc2NC(=O)O)c1. The van der Waals surface area contributed by atoms with Crippen LogP contribution in [0.1, 0.15) is 69.6 Å². The van der Waals surface area contributed by atoms with Crippen LogP contribution in [0.15, 0.2) is 42.6 Å². The summed E-state index contributed by atoms with van der Waals surface area (Å²) in [5, 5.41) is 21.5. The van der Waals surface area contributed by atoms with Gasteiger partial charge in [-0.2, -0.15) is 13.2 Å². The van der Waals surface area contributed by atoms with Crippen molar-refractivity contribution in [3.8, 4) is 5.69 Å². The topological polar surface area (TPSA) is 151 Å². The predicted molar refractivity (Wildman–Crippen MR) is 183 cm³/mol. The van der Waals surface area contributed by atoms with E-state index < -0.39 is 41.6 Å². The van der Waals surface area contributed by atoms with Crippen LogP contribution in [0.5, 0.6) is 0 Å². The fourth-order valence-electron chi connectivity index (χ4n) is 5.28. The quantitative estimate of drug-likeness (QED) is 0.176. The summed E-state index contributed by atoms with van der Waals surface area (Å²) in [4.78, 5) is 40.5. The van der Waals surface area contributed by atoms with Crippen LogP contribution in [0.25, 0.3) is 5.69 Å². The number of nitrogens with one attached hydrogen (secondary N) is 2. The van der Waals surface area contributed by atoms with Crippen molar-refractivity contribution in [1.29, 1.82) is 0 Å². The predicted octanol–water partition coefficient (Wildman–Crippen LogP) is 6.09. The maximum Gasteiger partial charge on any atom is 0.418 e. The van der Waals surface area contributed by atoms with Crippen LogP contribution in [0, 0.1) is 0 Å². The van der Waals surface area contributed by atoms with E-state index in [1.165, 1.54) is 17.0 Å². The summed E-state index contributed by atoms with van der Waals surface area (Å²) >= 11 is 0. The third kappa shape index (κ3) is 12.4. The molecule has 4 rings (SSSR count). The second kappa shape index (κ2) is 16.4. The molecule has 13 nitrogen and oxygen atoms in total. The summed E-state index contributed by atoms with van der Waals surface area (Å²) < 4.78 is 54.5. The van der Waals surface area contributed by atoms with Gasteiger partial charge in [-0.3, -0.25) is 14.9 Å². The van der Waals surface area contributed by atoms with E-state index in [2.05, 4.69) is 57.2 Å². The van der Waals surface area contributed by atoms with Gasteiger partial charge in [-0.1, -0.05) is 17.3 Å². The summed E-state index contributed by atoms with van der Waals surface area (Å²) in [5.41, 5.74) is -0.580. The van der Waals surface area contributed by atoms with Gasteiger partial charge in [0.25, 0.3) is 0 Å². The van der Waals surface area contributed by atoms with Crippen LogP contribution < -0.4 is 15.5 Å². The molecule has 0 radical (unpaired) electrons. The molecule has 0 atom stereocenters. The van der Waals surface area contributed by atoms with Gasteiger partial charge in [-0.15, -0.1) is 5.10 Å². The number of ether oxygens (including phenoxy) is 2. The lowest BCUT2D eigenvalue weighted by atomic mass is 10.1. The number of carbonyl (C=O) groups is 3. The number of morpholine rings is 1. The molecule has 3 aromatic rings. The van der Waals surface area contributed by atoms with E-state index in [0.29, 0.717) is 18.3 Å². The van der Waals surface area contributed by atoms with Crippen LogP contribution in [0.3, 0.4) is 0 Å². The van der Waals surface area contributed by atoms with Crippen LogP contribution >= 0.6 is 0 Å². The molecule has 0 unspecified atom stereocenters. The molecule has 1 aromatic heterocycles. The number of carbonyl (C=O) groups excluding carboxylic acids is 2. The van der Waals surface area contributed by atoms with Crippen molar-refractivity contribution >= 4 is 34.8 Å². The van der Waals surface area contributed by atoms with Gasteiger partial charge in [0.05, 0.1) is 71.0 Å². The van der Waals surface area contributed by atoms with E-state index in [4.69, 9.17) is 9.47 Å². The lowest BCUT2D eigenvalue weighted by Gasteiger charge is -2.32. The molecule has 50 heavy (non-hydrogen) atoms. The van der Waals surface area contributed by atoms with Gasteiger partial charge in [-0.25, -0.2) is 9.48 Å². The van der Waals surface area contributed by atoms with Crippen LogP contribution in [0.4, 0.5) is 35.0 Å². The van der Waals surface area contributed by atoms with Gasteiger partial charge in [0.1, 0.15) is 0 Å². The average Bonchev–Trinajstić information content (AvgIpc) is 3.43. The first kappa shape index (κ1) is 39.9. The zero-order valence-electron chi connectivity index (χ0n) is 29.6. The first-order chi connectivity index (χ1) is 23.1. The second-order valence-electron chi connectivity index (χ2n) is 13.8. The van der Waals surface area contributed by atoms with Crippen molar-refractivity contribution in [3.63, 3.8) is 0 Å². The number of carboxylic acid groups (broad SMARTS) is 1. The van der Waals surface area contributed by atoms with E-state index >= 15 is 0 Å². The maximum atomic E-state index is 14.0. The van der Waals surface area contributed by atoms with Gasteiger partial charge < -0.3 is 29.7 Å². The van der Waals surface area contributed by atoms with E-state index in [1.807, 2.05) is 24.3 Å². The molecule has 16 heteroatoms. The number of halogens is 3. The molecule has 0 bridgehead atoms. The van der Waals surface area contributed by atoms with Crippen molar-refractivity contribution < 1.29 is 42.1 Å². The average molecular weight is 706 g/mol. The fraction of sp³-hybridized carbons (Fsp3) is 0.500. The number of Topliss-reactive ketones (excluding diaryl/α,β-unsaturated/α-hetero) is 1. The molecule has 0 aliphatic carbocycles. The molecule has 1 fully saturated rings. The zero-order chi connectivity index (χ0) is 37.4. The van der Waals surface area contributed by atoms with Crippen LogP contribution in [-0.4, -0.2) is 94.4 Å². The number of aromatic nitrogens is 3. The van der Waals surface area contributed by atoms with Gasteiger partial charge in [-0.05, 0) is 79.9 Å². The first-order valence-electron chi connectivity index (χ1n) is 15.9. The molecular formula is C34H46F3N7O6. The Balaban J connectivity index is 0.000000661. The minimum atomic E-state index is -4.81. The molecule has 2 amide bonds. The number of alkyl halides is 3. The Morgan fingerprint density at radius 1 is 0.960 bits per heavy atom. The van der Waals surface area contributed by atoms with E-state index in [9.17, 15) is 32.7 Å². The summed E-state index contributed by atoms with van der Waals surface area (Å²) in [5.74, 6) is -1.53. The smallest absolute Gasteiger partial charge is 0.418 e. The van der Waals surface area contributed by atoms with Crippen molar-refractivity contribution in [2.75, 3.05) is 55.9 Å². The van der Waals surface area contributed by atoms with E-state index in [-0.39, 0.29) is 54.4 Å². The molecule has 0 saturated carbocycles. The monoisotopic (exact) mass is 705 g/mol. The number of hydrogen-bond donors (Lipinski definition) is 3. The van der Waals surface area contributed by atoms with Crippen molar-refractivity contribution in [2.24, 2.45) is 0 Å². The highest BCUT2D eigenvalue weighted by atomic mass is 19.4. The summed E-state index contributed by atoms with van der Waals surface area (Å²) in [7, 11) is 3.75. The normalized spacial score (nSPS) is 13.8. The molecule has 1 aliphatic heterocycles. The number of benzene rings is 2. The fourth-order valence-corrected chi connectivity index (χ4v) is 5.28. The van der Waals surface area contributed by atoms with Crippen LogP contribution in [0.2, 0.25) is 0 Å². The molecule has 1 saturated heterocycles. The van der Waals surface area contributed by atoms with Gasteiger partial charge >= 0.3 is 12.3 Å². The standard InChI is InChI=1S/C26H28F3N7O5.C8H18O/c1-34(2)15-18-14-30-33-36(18)17-5-3-4-16(10-17)23(37)13-24(38)31-20-11-19(26(27,28)29)22(12-21(20)32-25(39)40)35-6-8-41-9-7-35;1-7(2,3)9-8(4,5)6/h3-5,10-12,14,32H,6-9,13,15H2,1-2H3,(H,31,38)(H,39,40);1-6H3. The summed E-state index contributed by atoms with van der Waals surface area (Å²) in [6.45, 7) is 13.7. The minimum Gasteiger partial charge on any atom is -0.465 e. The number of hydrogen-bond acceptors (Lipinski definition) is 9. The lowest BCUT2D eigenvalue weighted by molar-refractivity contribution is -0.137. The Hall–Kier alpha value is -4.54. The Kier molecular flexibility index (Phi) is 13.1. The number of ketones is 1. The molecular weight excluding hydrogens is 659 g/mol. The van der Waals surface area contributed by atoms with Crippen molar-refractivity contribution in [3.05, 3.63) is 59.4 Å². The van der Waals surface area contributed by atoms with Crippen LogP contribution in [-0.2, 0) is 27.0 Å². The third-order valence-corrected chi connectivity index (χ3v) is 6.75. The highest BCUT2D eigenvalue weighted by Crippen LogP contribution is 2.42. The molecule has 274 valence electrons. The molecule has 2 heterocycles. The number of rotatable bonds is 9. The third-order valence-electron chi connectivity index (χ3n) is 6.75.